The average Bonchev–Trinajstić information content (AvgIpc) is 3.26. The molecule has 2 atom stereocenters. The van der Waals surface area contributed by atoms with E-state index in [9.17, 15) is 19.1 Å². The number of pyridine rings is 1. The van der Waals surface area contributed by atoms with Crippen LogP contribution < -0.4 is 10.4 Å². The Morgan fingerprint density at radius 1 is 1.27 bits per heavy atom. The molecule has 4 heterocycles. The molecule has 2 aromatic heterocycles. The summed E-state index contributed by atoms with van der Waals surface area (Å²) in [5.41, 5.74) is 0.459. The summed E-state index contributed by atoms with van der Waals surface area (Å²) in [6, 6.07) is 0. The van der Waals surface area contributed by atoms with Crippen LogP contribution in [-0.4, -0.2) is 55.4 Å². The minimum absolute atomic E-state index is 0.0113. The first-order valence-electron chi connectivity index (χ1n) is 11.0. The number of rotatable bonds is 4. The fraction of sp³-hybridized carbons (Fsp3) is 0.455. The van der Waals surface area contributed by atoms with Crippen molar-refractivity contribution < 1.29 is 14.3 Å². The van der Waals surface area contributed by atoms with Gasteiger partial charge in [0.2, 0.25) is 5.43 Å². The largest absolute Gasteiger partial charge is 0.502 e. The summed E-state index contributed by atoms with van der Waals surface area (Å²) in [4.78, 5) is 27.8. The number of aromatic nitrogens is 3. The van der Waals surface area contributed by atoms with E-state index in [-0.39, 0.29) is 29.2 Å². The van der Waals surface area contributed by atoms with E-state index in [1.54, 1.807) is 21.8 Å². The first-order chi connectivity index (χ1) is 15.9. The van der Waals surface area contributed by atoms with Crippen molar-refractivity contribution in [2.45, 2.75) is 50.6 Å². The lowest BCUT2D eigenvalue weighted by molar-refractivity contribution is 0.0536. The van der Waals surface area contributed by atoms with E-state index in [0.29, 0.717) is 35.9 Å². The lowest BCUT2D eigenvalue weighted by Crippen LogP contribution is -2.62. The van der Waals surface area contributed by atoms with Crippen molar-refractivity contribution in [3.63, 3.8) is 0 Å². The number of allylic oxidation sites excluding steroid dienone is 4. The molecule has 0 saturated carbocycles. The first kappa shape index (κ1) is 22.1. The Morgan fingerprint density at radius 2 is 2.09 bits per heavy atom. The SMILES string of the molecule is CCN1C(=O)c2c(O)c(=O)c(-c3nnc(CC4=CC=C(F)C(Cl)C4)s3)cn2N2CCCC[C@H]12. The van der Waals surface area contributed by atoms with E-state index < -0.39 is 16.6 Å². The van der Waals surface area contributed by atoms with Gasteiger partial charge in [0, 0.05) is 25.7 Å². The molecule has 33 heavy (non-hydrogen) atoms. The molecular weight excluding hydrogens is 469 g/mol. The van der Waals surface area contributed by atoms with Gasteiger partial charge in [-0.2, -0.15) is 0 Å². The standard InChI is InChI=1S/C22H23ClFN5O3S/c1-2-27-17-5-3-4-8-28(17)29-11-13(19(30)20(31)18(29)22(27)32)21-26-25-16(33-21)10-12-6-7-15(24)14(23)9-12/h6-7,11,14,17,31H,2-5,8-10H2,1H3/t14?,17-/m1/s1. The molecule has 5 rings (SSSR count). The highest BCUT2D eigenvalue weighted by atomic mass is 35.5. The van der Waals surface area contributed by atoms with Crippen molar-refractivity contribution in [1.82, 2.24) is 19.8 Å². The van der Waals surface area contributed by atoms with E-state index in [1.165, 1.54) is 17.4 Å². The molecule has 1 fully saturated rings. The van der Waals surface area contributed by atoms with Gasteiger partial charge >= 0.3 is 0 Å². The van der Waals surface area contributed by atoms with E-state index in [4.69, 9.17) is 11.6 Å². The molecule has 2 aliphatic heterocycles. The first-order valence-corrected chi connectivity index (χ1v) is 12.2. The predicted molar refractivity (Wildman–Crippen MR) is 124 cm³/mol. The molecule has 0 spiro atoms. The number of piperidine rings is 1. The molecule has 11 heteroatoms. The van der Waals surface area contributed by atoms with Gasteiger partial charge in [-0.15, -0.1) is 21.8 Å². The second kappa shape index (κ2) is 8.57. The normalized spacial score (nSPS) is 22.6. The number of amides is 1. The van der Waals surface area contributed by atoms with E-state index >= 15 is 0 Å². The van der Waals surface area contributed by atoms with Crippen molar-refractivity contribution >= 4 is 28.8 Å². The number of aromatic hydroxyl groups is 1. The van der Waals surface area contributed by atoms with Crippen molar-refractivity contribution in [2.75, 3.05) is 18.1 Å². The van der Waals surface area contributed by atoms with E-state index in [2.05, 4.69) is 10.2 Å². The van der Waals surface area contributed by atoms with Crippen LogP contribution in [0.3, 0.4) is 0 Å². The van der Waals surface area contributed by atoms with Crippen LogP contribution in [0.4, 0.5) is 4.39 Å². The average molecular weight is 492 g/mol. The summed E-state index contributed by atoms with van der Waals surface area (Å²) in [5, 5.41) is 21.5. The summed E-state index contributed by atoms with van der Waals surface area (Å²) in [6.07, 6.45) is 8.16. The van der Waals surface area contributed by atoms with Gasteiger partial charge in [-0.25, -0.2) is 4.39 Å². The minimum atomic E-state index is -0.683. The molecule has 174 valence electrons. The zero-order chi connectivity index (χ0) is 23.3. The van der Waals surface area contributed by atoms with Crippen LogP contribution in [0.2, 0.25) is 0 Å². The Kier molecular flexibility index (Phi) is 5.74. The van der Waals surface area contributed by atoms with Crippen LogP contribution in [-0.2, 0) is 6.42 Å². The Labute approximate surface area is 198 Å². The van der Waals surface area contributed by atoms with Gasteiger partial charge in [0.1, 0.15) is 17.0 Å². The number of fused-ring (bicyclic) bond motifs is 3. The molecule has 0 bridgehead atoms. The third kappa shape index (κ3) is 3.74. The third-order valence-corrected chi connectivity index (χ3v) is 7.66. The quantitative estimate of drug-likeness (QED) is 0.660. The number of halogens is 2. The molecule has 0 radical (unpaired) electrons. The Hall–Kier alpha value is -2.72. The molecule has 2 aromatic rings. The van der Waals surface area contributed by atoms with Gasteiger partial charge in [-0.05, 0) is 38.7 Å². The molecule has 8 nitrogen and oxygen atoms in total. The highest BCUT2D eigenvalue weighted by molar-refractivity contribution is 7.14. The molecule has 1 unspecified atom stereocenters. The maximum Gasteiger partial charge on any atom is 0.278 e. The molecule has 1 saturated heterocycles. The molecule has 3 aliphatic rings. The zero-order valence-corrected chi connectivity index (χ0v) is 19.6. The van der Waals surface area contributed by atoms with Crippen molar-refractivity contribution in [3.8, 4) is 16.3 Å². The molecular formula is C22H23ClFN5O3S. The summed E-state index contributed by atoms with van der Waals surface area (Å²) < 4.78 is 15.1. The molecule has 1 amide bonds. The fourth-order valence-corrected chi connectivity index (χ4v) is 5.86. The highest BCUT2D eigenvalue weighted by Gasteiger charge is 2.40. The van der Waals surface area contributed by atoms with Crippen molar-refractivity contribution in [3.05, 3.63) is 50.7 Å². The van der Waals surface area contributed by atoms with Crippen molar-refractivity contribution in [2.24, 2.45) is 0 Å². The zero-order valence-electron chi connectivity index (χ0n) is 18.0. The molecule has 1 aliphatic carbocycles. The fourth-order valence-electron chi connectivity index (χ4n) is 4.69. The van der Waals surface area contributed by atoms with E-state index in [1.807, 2.05) is 11.9 Å². The minimum Gasteiger partial charge on any atom is -0.502 e. The Balaban J connectivity index is 1.52. The maximum absolute atomic E-state index is 13.5. The number of carbonyl (C=O) groups excluding carboxylic acids is 1. The van der Waals surface area contributed by atoms with Crippen LogP contribution in [0, 0.1) is 0 Å². The summed E-state index contributed by atoms with van der Waals surface area (Å²) >= 11 is 7.23. The van der Waals surface area contributed by atoms with Gasteiger partial charge in [0.25, 0.3) is 5.91 Å². The number of hydrogen-bond donors (Lipinski definition) is 1. The van der Waals surface area contributed by atoms with Crippen LogP contribution in [0.15, 0.2) is 34.5 Å². The van der Waals surface area contributed by atoms with Crippen LogP contribution >= 0.6 is 22.9 Å². The topological polar surface area (TPSA) is 91.6 Å². The van der Waals surface area contributed by atoms with Gasteiger partial charge in [-0.3, -0.25) is 19.3 Å². The summed E-state index contributed by atoms with van der Waals surface area (Å²) in [5.74, 6) is -1.28. The smallest absolute Gasteiger partial charge is 0.278 e. The molecule has 1 N–H and O–H groups in total. The molecule has 0 aromatic carbocycles. The predicted octanol–water partition coefficient (Wildman–Crippen LogP) is 3.33. The lowest BCUT2D eigenvalue weighted by Gasteiger charge is -2.48. The van der Waals surface area contributed by atoms with Gasteiger partial charge in [0.05, 0.1) is 10.9 Å². The number of carbonyl (C=O) groups is 1. The highest BCUT2D eigenvalue weighted by Crippen LogP contribution is 2.33. The Morgan fingerprint density at radius 3 is 2.85 bits per heavy atom. The maximum atomic E-state index is 13.5. The van der Waals surface area contributed by atoms with Gasteiger partial charge in [0.15, 0.2) is 16.5 Å². The summed E-state index contributed by atoms with van der Waals surface area (Å²) in [7, 11) is 0. The van der Waals surface area contributed by atoms with Crippen LogP contribution in [0.5, 0.6) is 5.75 Å². The van der Waals surface area contributed by atoms with Crippen LogP contribution in [0.25, 0.3) is 10.6 Å². The lowest BCUT2D eigenvalue weighted by atomic mass is 10.0. The number of nitrogens with zero attached hydrogens (tertiary/aromatic N) is 5. The third-order valence-electron chi connectivity index (χ3n) is 6.34. The second-order valence-corrected chi connectivity index (χ2v) is 9.96. The van der Waals surface area contributed by atoms with E-state index in [0.717, 1.165) is 24.8 Å². The number of hydrogen-bond acceptors (Lipinski definition) is 7. The summed E-state index contributed by atoms with van der Waals surface area (Å²) in [6.45, 7) is 3.10. The van der Waals surface area contributed by atoms with Crippen LogP contribution in [0.1, 0.15) is 48.1 Å². The van der Waals surface area contributed by atoms with Gasteiger partial charge < -0.3 is 10.0 Å². The number of alkyl halides is 1. The second-order valence-electron chi connectivity index (χ2n) is 8.37. The van der Waals surface area contributed by atoms with Crippen molar-refractivity contribution in [1.29, 1.82) is 0 Å². The Bertz CT molecular complexity index is 1240. The van der Waals surface area contributed by atoms with Gasteiger partial charge in [-0.1, -0.05) is 23.0 Å². The monoisotopic (exact) mass is 491 g/mol.